The van der Waals surface area contributed by atoms with Crippen LogP contribution in [0.1, 0.15) is 5.56 Å². The van der Waals surface area contributed by atoms with Gasteiger partial charge in [-0.25, -0.2) is 23.2 Å². The summed E-state index contributed by atoms with van der Waals surface area (Å²) in [6, 6.07) is 12.2. The highest BCUT2D eigenvalue weighted by atomic mass is 35.5. The number of sulfonamides is 1. The van der Waals surface area contributed by atoms with Gasteiger partial charge in [-0.1, -0.05) is 17.7 Å². The molecule has 1 heterocycles. The number of nitrogens with zero attached hydrogens (tertiary/aromatic N) is 3. The molecule has 34 heavy (non-hydrogen) atoms. The standard InChI is InChI=1S/C20H17ClF3N5O4S/c1-12-3-8-15(34(31,32)29(2)33-19(30)20(22,23)24)9-16(12)28-18-10-17(25-11-26-18)27-14-6-4-13(21)5-7-14/h3-11H,1-2H3,(H2,25,26,27,28). The molecule has 0 spiro atoms. The van der Waals surface area contributed by atoms with E-state index >= 15 is 0 Å². The van der Waals surface area contributed by atoms with Gasteiger partial charge in [0.25, 0.3) is 10.0 Å². The Morgan fingerprint density at radius 3 is 2.26 bits per heavy atom. The second-order valence-electron chi connectivity index (χ2n) is 6.81. The van der Waals surface area contributed by atoms with E-state index in [0.717, 1.165) is 5.69 Å². The lowest BCUT2D eigenvalue weighted by molar-refractivity contribution is -0.219. The first-order chi connectivity index (χ1) is 15.9. The number of halogens is 4. The lowest BCUT2D eigenvalue weighted by Gasteiger charge is -2.18. The van der Waals surface area contributed by atoms with Crippen LogP contribution in [0.3, 0.4) is 0 Å². The summed E-state index contributed by atoms with van der Waals surface area (Å²) in [5.41, 5.74) is 1.63. The molecule has 3 aromatic rings. The van der Waals surface area contributed by atoms with Gasteiger partial charge in [-0.2, -0.15) is 13.2 Å². The molecule has 0 fully saturated rings. The summed E-state index contributed by atoms with van der Waals surface area (Å²) in [5.74, 6) is -1.92. The summed E-state index contributed by atoms with van der Waals surface area (Å²) < 4.78 is 62.3. The van der Waals surface area contributed by atoms with Crippen molar-refractivity contribution in [3.8, 4) is 0 Å². The molecule has 0 aliphatic heterocycles. The largest absolute Gasteiger partial charge is 0.492 e. The molecule has 0 aliphatic carbocycles. The molecular weight excluding hydrogens is 499 g/mol. The van der Waals surface area contributed by atoms with Gasteiger partial charge in [0.1, 0.15) is 18.0 Å². The summed E-state index contributed by atoms with van der Waals surface area (Å²) in [5, 5.41) is 6.57. The topological polar surface area (TPSA) is 114 Å². The first kappa shape index (κ1) is 25.2. The van der Waals surface area contributed by atoms with Crippen LogP contribution in [0.25, 0.3) is 0 Å². The van der Waals surface area contributed by atoms with Gasteiger partial charge in [0, 0.05) is 29.5 Å². The molecule has 180 valence electrons. The first-order valence-electron chi connectivity index (χ1n) is 9.36. The average Bonchev–Trinajstić information content (AvgIpc) is 2.76. The van der Waals surface area contributed by atoms with Gasteiger partial charge in [-0.15, -0.1) is 0 Å². The predicted octanol–water partition coefficient (Wildman–Crippen LogP) is 4.57. The third-order valence-corrected chi connectivity index (χ3v) is 6.19. The molecule has 9 nitrogen and oxygen atoms in total. The Morgan fingerprint density at radius 2 is 1.65 bits per heavy atom. The zero-order valence-electron chi connectivity index (χ0n) is 17.6. The van der Waals surface area contributed by atoms with Crippen molar-refractivity contribution in [2.75, 3.05) is 17.7 Å². The van der Waals surface area contributed by atoms with Gasteiger partial charge < -0.3 is 15.5 Å². The summed E-state index contributed by atoms with van der Waals surface area (Å²) >= 11 is 5.87. The Hall–Kier alpha value is -3.42. The van der Waals surface area contributed by atoms with Gasteiger partial charge in [0.2, 0.25) is 0 Å². The number of alkyl halides is 3. The third kappa shape index (κ3) is 6.12. The van der Waals surface area contributed by atoms with Crippen molar-refractivity contribution in [3.63, 3.8) is 0 Å². The lowest BCUT2D eigenvalue weighted by atomic mass is 10.2. The molecule has 2 aromatic carbocycles. The number of carbonyl (C=O) groups is 1. The molecule has 0 unspecified atom stereocenters. The van der Waals surface area contributed by atoms with Crippen molar-refractivity contribution in [1.29, 1.82) is 0 Å². The minimum atomic E-state index is -5.35. The molecule has 0 saturated heterocycles. The van der Waals surface area contributed by atoms with Crippen molar-refractivity contribution in [3.05, 3.63) is 65.4 Å². The van der Waals surface area contributed by atoms with E-state index in [1.54, 1.807) is 37.3 Å². The molecule has 0 atom stereocenters. The number of nitrogens with one attached hydrogen (secondary N) is 2. The molecule has 0 saturated carbocycles. The first-order valence-corrected chi connectivity index (χ1v) is 11.2. The maximum absolute atomic E-state index is 12.6. The van der Waals surface area contributed by atoms with Gasteiger partial charge in [-0.05, 0) is 53.4 Å². The molecule has 0 bridgehead atoms. The molecule has 3 rings (SSSR count). The molecule has 0 aliphatic rings. The number of hydrogen-bond acceptors (Lipinski definition) is 8. The lowest BCUT2D eigenvalue weighted by Crippen LogP contribution is -2.36. The number of hydroxylamine groups is 1. The summed E-state index contributed by atoms with van der Waals surface area (Å²) in [6.07, 6.45) is -4.07. The van der Waals surface area contributed by atoms with Gasteiger partial charge in [0.15, 0.2) is 0 Å². The Balaban J connectivity index is 1.81. The van der Waals surface area contributed by atoms with E-state index in [1.807, 2.05) is 0 Å². The highest BCUT2D eigenvalue weighted by Crippen LogP contribution is 2.27. The summed E-state index contributed by atoms with van der Waals surface area (Å²) in [4.78, 5) is 22.7. The molecule has 14 heteroatoms. The third-order valence-electron chi connectivity index (χ3n) is 4.33. The monoisotopic (exact) mass is 515 g/mol. The van der Waals surface area contributed by atoms with Crippen molar-refractivity contribution in [2.45, 2.75) is 18.0 Å². The van der Waals surface area contributed by atoms with Crippen LogP contribution in [0.15, 0.2) is 59.8 Å². The minimum absolute atomic E-state index is 0.143. The van der Waals surface area contributed by atoms with E-state index in [0.29, 0.717) is 35.0 Å². The van der Waals surface area contributed by atoms with E-state index in [2.05, 4.69) is 25.4 Å². The second kappa shape index (κ2) is 9.83. The normalized spacial score (nSPS) is 11.9. The van der Waals surface area contributed by atoms with Gasteiger partial charge in [-0.3, -0.25) is 0 Å². The fraction of sp³-hybridized carbons (Fsp3) is 0.150. The number of rotatable bonds is 7. The Bertz CT molecular complexity index is 1300. The van der Waals surface area contributed by atoms with E-state index in [9.17, 15) is 26.4 Å². The van der Waals surface area contributed by atoms with Crippen molar-refractivity contribution < 1.29 is 31.2 Å². The molecule has 0 radical (unpaired) electrons. The van der Waals surface area contributed by atoms with Crippen LogP contribution >= 0.6 is 11.6 Å². The fourth-order valence-electron chi connectivity index (χ4n) is 2.58. The van der Waals surface area contributed by atoms with E-state index < -0.39 is 27.1 Å². The number of aromatic nitrogens is 2. The quantitative estimate of drug-likeness (QED) is 0.440. The van der Waals surface area contributed by atoms with Crippen molar-refractivity contribution >= 4 is 50.6 Å². The van der Waals surface area contributed by atoms with Crippen molar-refractivity contribution in [1.82, 2.24) is 14.4 Å². The van der Waals surface area contributed by atoms with Crippen LogP contribution in [0.4, 0.5) is 36.2 Å². The molecule has 2 N–H and O–H groups in total. The van der Waals surface area contributed by atoms with E-state index in [4.69, 9.17) is 11.6 Å². The summed E-state index contributed by atoms with van der Waals surface area (Å²) in [6.45, 7) is 1.68. The zero-order valence-corrected chi connectivity index (χ0v) is 19.2. The second-order valence-corrected chi connectivity index (χ2v) is 9.19. The number of hydrogen-bond donors (Lipinski definition) is 2. The van der Waals surface area contributed by atoms with Crippen LogP contribution in [0, 0.1) is 6.92 Å². The fourth-order valence-corrected chi connectivity index (χ4v) is 3.67. The number of carbonyl (C=O) groups excluding carboxylic acids is 1. The van der Waals surface area contributed by atoms with Crippen LogP contribution < -0.4 is 10.6 Å². The maximum atomic E-state index is 12.6. The number of anilines is 4. The molecule has 1 aromatic heterocycles. The van der Waals surface area contributed by atoms with Crippen LogP contribution in [-0.4, -0.2) is 42.0 Å². The van der Waals surface area contributed by atoms with Crippen molar-refractivity contribution in [2.24, 2.45) is 0 Å². The van der Waals surface area contributed by atoms with Gasteiger partial charge >= 0.3 is 12.1 Å². The van der Waals surface area contributed by atoms with Gasteiger partial charge in [0.05, 0.1) is 4.90 Å². The molecular formula is C20H17ClF3N5O4S. The van der Waals surface area contributed by atoms with E-state index in [-0.39, 0.29) is 4.47 Å². The highest BCUT2D eigenvalue weighted by molar-refractivity contribution is 7.89. The minimum Gasteiger partial charge on any atom is -0.345 e. The Kier molecular flexibility index (Phi) is 7.29. The number of aryl methyl sites for hydroxylation is 1. The highest BCUT2D eigenvalue weighted by Gasteiger charge is 2.43. The maximum Gasteiger partial charge on any atom is 0.492 e. The number of benzene rings is 2. The van der Waals surface area contributed by atoms with Crippen LogP contribution in [-0.2, 0) is 19.7 Å². The SMILES string of the molecule is Cc1ccc(S(=O)(=O)N(C)OC(=O)C(F)(F)F)cc1Nc1cc(Nc2ccc(Cl)cc2)ncn1. The van der Waals surface area contributed by atoms with Crippen LogP contribution in [0.5, 0.6) is 0 Å². The predicted molar refractivity (Wildman–Crippen MR) is 118 cm³/mol. The van der Waals surface area contributed by atoms with E-state index in [1.165, 1.54) is 24.5 Å². The Labute approximate surface area is 197 Å². The summed E-state index contributed by atoms with van der Waals surface area (Å²) in [7, 11) is -3.90. The average molecular weight is 516 g/mol. The van der Waals surface area contributed by atoms with Crippen LogP contribution in [0.2, 0.25) is 5.02 Å². The smallest absolute Gasteiger partial charge is 0.345 e. The molecule has 0 amide bonds. The Morgan fingerprint density at radius 1 is 1.03 bits per heavy atom. The zero-order chi connectivity index (χ0) is 25.1.